The SMILES string of the molecule is OC(c1ccc2c(c1)ncn2-c1ccc(F)cc1)(c1ccnc2ccccc12)C1CC1. The number of halogens is 1. The van der Waals surface area contributed by atoms with Crippen molar-refractivity contribution in [3.63, 3.8) is 0 Å². The van der Waals surface area contributed by atoms with Gasteiger partial charge in [0, 0.05) is 17.3 Å². The van der Waals surface area contributed by atoms with Gasteiger partial charge in [-0.05, 0) is 78.4 Å². The number of pyridine rings is 1. The number of rotatable bonds is 4. The van der Waals surface area contributed by atoms with Crippen LogP contribution in [0.2, 0.25) is 0 Å². The molecule has 5 aromatic rings. The van der Waals surface area contributed by atoms with Crippen molar-refractivity contribution in [2.75, 3.05) is 0 Å². The summed E-state index contributed by atoms with van der Waals surface area (Å²) in [5.41, 5.74) is 4.04. The molecule has 0 radical (unpaired) electrons. The summed E-state index contributed by atoms with van der Waals surface area (Å²) < 4.78 is 15.3. The van der Waals surface area contributed by atoms with Crippen LogP contribution >= 0.6 is 0 Å². The molecule has 0 amide bonds. The van der Waals surface area contributed by atoms with E-state index in [1.807, 2.05) is 53.1 Å². The highest BCUT2D eigenvalue weighted by Crippen LogP contribution is 2.51. The lowest BCUT2D eigenvalue weighted by Crippen LogP contribution is -2.30. The minimum absolute atomic E-state index is 0.162. The first-order valence-electron chi connectivity index (χ1n) is 10.4. The lowest BCUT2D eigenvalue weighted by molar-refractivity contribution is 0.0580. The van der Waals surface area contributed by atoms with E-state index in [2.05, 4.69) is 9.97 Å². The number of hydrogen-bond donors (Lipinski definition) is 1. The fraction of sp³-hybridized carbons (Fsp3) is 0.154. The number of benzene rings is 3. The van der Waals surface area contributed by atoms with Gasteiger partial charge in [0.1, 0.15) is 17.7 Å². The first kappa shape index (κ1) is 18.2. The topological polar surface area (TPSA) is 50.9 Å². The van der Waals surface area contributed by atoms with Gasteiger partial charge in [-0.2, -0.15) is 0 Å². The van der Waals surface area contributed by atoms with Gasteiger partial charge in [0.2, 0.25) is 0 Å². The molecule has 31 heavy (non-hydrogen) atoms. The molecule has 6 rings (SSSR count). The molecule has 1 unspecified atom stereocenters. The zero-order valence-corrected chi connectivity index (χ0v) is 16.7. The Kier molecular flexibility index (Phi) is 3.95. The Morgan fingerprint density at radius 1 is 0.903 bits per heavy atom. The molecule has 0 aliphatic heterocycles. The van der Waals surface area contributed by atoms with E-state index in [1.54, 1.807) is 24.7 Å². The zero-order valence-electron chi connectivity index (χ0n) is 16.7. The molecule has 4 nitrogen and oxygen atoms in total. The van der Waals surface area contributed by atoms with Crippen molar-refractivity contribution >= 4 is 21.9 Å². The fourth-order valence-electron chi connectivity index (χ4n) is 4.60. The molecular weight excluding hydrogens is 389 g/mol. The third-order valence-electron chi connectivity index (χ3n) is 6.32. The second kappa shape index (κ2) is 6.72. The Bertz CT molecular complexity index is 1420. The predicted octanol–water partition coefficient (Wildman–Crippen LogP) is 5.36. The fourth-order valence-corrected chi connectivity index (χ4v) is 4.60. The predicted molar refractivity (Wildman–Crippen MR) is 118 cm³/mol. The molecule has 2 heterocycles. The summed E-state index contributed by atoms with van der Waals surface area (Å²) in [6.07, 6.45) is 5.47. The number of para-hydroxylation sites is 1. The molecule has 0 bridgehead atoms. The summed E-state index contributed by atoms with van der Waals surface area (Å²) in [6, 6.07) is 22.2. The maximum Gasteiger partial charge on any atom is 0.123 e. The van der Waals surface area contributed by atoms with Crippen molar-refractivity contribution in [2.24, 2.45) is 5.92 Å². The van der Waals surface area contributed by atoms with Crippen molar-refractivity contribution in [3.05, 3.63) is 102 Å². The minimum atomic E-state index is -1.10. The highest BCUT2D eigenvalue weighted by Gasteiger charge is 2.47. The van der Waals surface area contributed by atoms with Gasteiger partial charge in [-0.15, -0.1) is 0 Å². The van der Waals surface area contributed by atoms with Crippen LogP contribution in [0.3, 0.4) is 0 Å². The van der Waals surface area contributed by atoms with Crippen LogP contribution in [0.15, 0.2) is 85.3 Å². The van der Waals surface area contributed by atoms with Crippen LogP contribution in [0.25, 0.3) is 27.6 Å². The van der Waals surface area contributed by atoms with E-state index >= 15 is 0 Å². The Labute approximate surface area is 178 Å². The van der Waals surface area contributed by atoms with Crippen molar-refractivity contribution in [2.45, 2.75) is 18.4 Å². The second-order valence-corrected chi connectivity index (χ2v) is 8.21. The maximum absolute atomic E-state index is 13.3. The summed E-state index contributed by atoms with van der Waals surface area (Å²) in [6.45, 7) is 0. The molecule has 1 aliphatic rings. The smallest absolute Gasteiger partial charge is 0.123 e. The monoisotopic (exact) mass is 409 g/mol. The number of hydrogen-bond acceptors (Lipinski definition) is 3. The summed E-state index contributed by atoms with van der Waals surface area (Å²) in [7, 11) is 0. The molecule has 0 saturated heterocycles. The largest absolute Gasteiger partial charge is 0.380 e. The molecular formula is C26H20FN3O. The van der Waals surface area contributed by atoms with Crippen LogP contribution in [0.5, 0.6) is 0 Å². The van der Waals surface area contributed by atoms with Gasteiger partial charge >= 0.3 is 0 Å². The maximum atomic E-state index is 13.3. The molecule has 1 atom stereocenters. The van der Waals surface area contributed by atoms with Crippen LogP contribution in [0, 0.1) is 11.7 Å². The van der Waals surface area contributed by atoms with Gasteiger partial charge in [-0.25, -0.2) is 9.37 Å². The number of aliphatic hydroxyl groups is 1. The third kappa shape index (κ3) is 2.85. The van der Waals surface area contributed by atoms with Gasteiger partial charge in [0.25, 0.3) is 0 Å². The molecule has 1 saturated carbocycles. The quantitative estimate of drug-likeness (QED) is 0.435. The summed E-state index contributed by atoms with van der Waals surface area (Å²) in [4.78, 5) is 9.04. The average molecular weight is 409 g/mol. The highest BCUT2D eigenvalue weighted by molar-refractivity contribution is 5.84. The summed E-state index contributed by atoms with van der Waals surface area (Å²) >= 11 is 0. The molecule has 0 spiro atoms. The number of nitrogens with zero attached hydrogens (tertiary/aromatic N) is 3. The standard InChI is InChI=1S/C26H20FN3O/c27-19-8-10-20(11-9-19)30-16-29-24-15-18(7-12-25(24)30)26(31,17-5-6-17)22-13-14-28-23-4-2-1-3-21(22)23/h1-4,7-17,31H,5-6H2. The van der Waals surface area contributed by atoms with E-state index in [1.165, 1.54) is 12.1 Å². The van der Waals surface area contributed by atoms with E-state index in [0.717, 1.165) is 51.6 Å². The number of imidazole rings is 1. The molecule has 1 fully saturated rings. The lowest BCUT2D eigenvalue weighted by atomic mass is 9.80. The van der Waals surface area contributed by atoms with Crippen LogP contribution in [-0.4, -0.2) is 19.6 Å². The van der Waals surface area contributed by atoms with Gasteiger partial charge < -0.3 is 5.11 Å². The Morgan fingerprint density at radius 3 is 2.52 bits per heavy atom. The van der Waals surface area contributed by atoms with Crippen LogP contribution in [0.4, 0.5) is 4.39 Å². The summed E-state index contributed by atoms with van der Waals surface area (Å²) in [5, 5.41) is 13.1. The third-order valence-corrected chi connectivity index (χ3v) is 6.32. The zero-order chi connectivity index (χ0) is 21.0. The average Bonchev–Trinajstić information content (AvgIpc) is 3.59. The van der Waals surface area contributed by atoms with Crippen molar-refractivity contribution in [1.82, 2.24) is 14.5 Å². The molecule has 5 heteroatoms. The molecule has 152 valence electrons. The van der Waals surface area contributed by atoms with Crippen LogP contribution in [-0.2, 0) is 5.60 Å². The van der Waals surface area contributed by atoms with Crippen molar-refractivity contribution in [3.8, 4) is 5.69 Å². The normalized spacial score (nSPS) is 15.9. The highest BCUT2D eigenvalue weighted by atomic mass is 19.1. The Balaban J connectivity index is 1.51. The molecule has 1 N–H and O–H groups in total. The van der Waals surface area contributed by atoms with Crippen LogP contribution < -0.4 is 0 Å². The lowest BCUT2D eigenvalue weighted by Gasteiger charge is -2.30. The van der Waals surface area contributed by atoms with Gasteiger partial charge in [0.05, 0.1) is 16.6 Å². The van der Waals surface area contributed by atoms with Gasteiger partial charge in [0.15, 0.2) is 0 Å². The van der Waals surface area contributed by atoms with Crippen molar-refractivity contribution < 1.29 is 9.50 Å². The molecule has 3 aromatic carbocycles. The van der Waals surface area contributed by atoms with E-state index in [9.17, 15) is 9.50 Å². The first-order valence-corrected chi connectivity index (χ1v) is 10.4. The first-order chi connectivity index (χ1) is 15.1. The molecule has 1 aliphatic carbocycles. The number of aromatic nitrogens is 3. The van der Waals surface area contributed by atoms with Gasteiger partial charge in [-0.3, -0.25) is 9.55 Å². The van der Waals surface area contributed by atoms with Crippen molar-refractivity contribution in [1.29, 1.82) is 0 Å². The second-order valence-electron chi connectivity index (χ2n) is 8.21. The van der Waals surface area contributed by atoms with Crippen LogP contribution in [0.1, 0.15) is 24.0 Å². The van der Waals surface area contributed by atoms with E-state index in [4.69, 9.17) is 0 Å². The summed E-state index contributed by atoms with van der Waals surface area (Å²) in [5.74, 6) is -0.107. The Hall–Kier alpha value is -3.57. The molecule has 2 aromatic heterocycles. The minimum Gasteiger partial charge on any atom is -0.380 e. The van der Waals surface area contributed by atoms with E-state index in [0.29, 0.717) is 0 Å². The van der Waals surface area contributed by atoms with E-state index in [-0.39, 0.29) is 11.7 Å². The van der Waals surface area contributed by atoms with Gasteiger partial charge in [-0.1, -0.05) is 24.3 Å². The van der Waals surface area contributed by atoms with E-state index < -0.39 is 5.60 Å². The number of fused-ring (bicyclic) bond motifs is 2. The Morgan fingerprint density at radius 2 is 1.71 bits per heavy atom.